The van der Waals surface area contributed by atoms with E-state index < -0.39 is 9.84 Å². The Balaban J connectivity index is 0.00000240. The van der Waals surface area contributed by atoms with Gasteiger partial charge in [0.1, 0.15) is 0 Å². The second-order valence-electron chi connectivity index (χ2n) is 8.15. The Hall–Kier alpha value is -0.980. The first-order valence-electron chi connectivity index (χ1n) is 10.3. The summed E-state index contributed by atoms with van der Waals surface area (Å²) in [7, 11) is -3.11. The molecule has 3 rings (SSSR count). The van der Waals surface area contributed by atoms with Crippen LogP contribution in [0.1, 0.15) is 30.4 Å². The molecule has 0 saturated carbocycles. The van der Waals surface area contributed by atoms with Crippen LogP contribution in [0, 0.1) is 12.8 Å². The maximum atomic E-state index is 11.6. The predicted octanol–water partition coefficient (Wildman–Crippen LogP) is 5.65. The fraction of sp³-hybridized carbons (Fsp3) is 0.478. The van der Waals surface area contributed by atoms with Gasteiger partial charge in [-0.2, -0.15) is 0 Å². The van der Waals surface area contributed by atoms with Crippen LogP contribution in [0.15, 0.2) is 47.4 Å². The third kappa shape index (κ3) is 8.82. The number of likely N-dealkylation sites (tertiary alicyclic amines) is 1. The first-order chi connectivity index (χ1) is 13.8. The number of piperidine rings is 1. The summed E-state index contributed by atoms with van der Waals surface area (Å²) in [6, 6.07) is 13.5. The highest BCUT2D eigenvalue weighted by Crippen LogP contribution is 2.23. The minimum Gasteiger partial charge on any atom is -0.385 e. The van der Waals surface area contributed by atoms with Gasteiger partial charge in [0.2, 0.25) is 0 Å². The van der Waals surface area contributed by atoms with Gasteiger partial charge >= 0.3 is 0 Å². The molecule has 31 heavy (non-hydrogen) atoms. The average molecular weight is 508 g/mol. The van der Waals surface area contributed by atoms with Crippen LogP contribution >= 0.6 is 36.4 Å². The van der Waals surface area contributed by atoms with E-state index in [-0.39, 0.29) is 24.8 Å². The molecule has 0 aromatic heterocycles. The molecular weight excluding hydrogens is 475 g/mol. The lowest BCUT2D eigenvalue weighted by atomic mass is 9.90. The molecule has 0 atom stereocenters. The number of anilines is 1. The molecular formula is C23H33Cl3N2O2S. The van der Waals surface area contributed by atoms with E-state index in [4.69, 9.17) is 11.6 Å². The Morgan fingerprint density at radius 2 is 1.71 bits per heavy atom. The van der Waals surface area contributed by atoms with Crippen molar-refractivity contribution in [3.63, 3.8) is 0 Å². The van der Waals surface area contributed by atoms with E-state index in [9.17, 15) is 8.42 Å². The van der Waals surface area contributed by atoms with Gasteiger partial charge in [-0.15, -0.1) is 24.8 Å². The van der Waals surface area contributed by atoms with Crippen molar-refractivity contribution in [2.45, 2.75) is 37.5 Å². The van der Waals surface area contributed by atoms with Crippen LogP contribution in [0.2, 0.25) is 5.02 Å². The Bertz CT molecular complexity index is 913. The zero-order valence-electron chi connectivity index (χ0n) is 18.1. The van der Waals surface area contributed by atoms with Crippen LogP contribution < -0.4 is 5.32 Å². The van der Waals surface area contributed by atoms with Crippen LogP contribution in [0.5, 0.6) is 0 Å². The molecule has 2 aromatic rings. The lowest BCUT2D eigenvalue weighted by Crippen LogP contribution is -2.35. The number of rotatable bonds is 8. The van der Waals surface area contributed by atoms with Gasteiger partial charge in [-0.25, -0.2) is 8.42 Å². The van der Waals surface area contributed by atoms with E-state index in [0.717, 1.165) is 55.3 Å². The van der Waals surface area contributed by atoms with Gasteiger partial charge in [0.15, 0.2) is 9.84 Å². The van der Waals surface area contributed by atoms with Gasteiger partial charge < -0.3 is 10.2 Å². The zero-order valence-corrected chi connectivity index (χ0v) is 21.3. The van der Waals surface area contributed by atoms with Crippen molar-refractivity contribution in [1.29, 1.82) is 0 Å². The van der Waals surface area contributed by atoms with E-state index in [1.807, 2.05) is 31.2 Å². The Kier molecular flexibility index (Phi) is 11.7. The molecule has 174 valence electrons. The average Bonchev–Trinajstić information content (AvgIpc) is 2.69. The molecule has 1 aliphatic heterocycles. The molecule has 1 heterocycles. The van der Waals surface area contributed by atoms with Crippen LogP contribution in [0.3, 0.4) is 0 Å². The molecule has 1 fully saturated rings. The third-order valence-electron chi connectivity index (χ3n) is 5.74. The number of benzene rings is 2. The van der Waals surface area contributed by atoms with Crippen LogP contribution in [0.4, 0.5) is 5.69 Å². The van der Waals surface area contributed by atoms with Crippen molar-refractivity contribution in [2.75, 3.05) is 37.8 Å². The third-order valence-corrected chi connectivity index (χ3v) is 7.27. The molecule has 0 spiro atoms. The van der Waals surface area contributed by atoms with Gasteiger partial charge in [-0.05, 0) is 93.6 Å². The number of aryl methyl sites for hydroxylation is 1. The summed E-state index contributed by atoms with van der Waals surface area (Å²) in [5.41, 5.74) is 3.42. The van der Waals surface area contributed by atoms with E-state index in [2.05, 4.69) is 16.3 Å². The highest BCUT2D eigenvalue weighted by Gasteiger charge is 2.19. The summed E-state index contributed by atoms with van der Waals surface area (Å²) in [6.07, 6.45) is 5.81. The zero-order chi connectivity index (χ0) is 20.9. The Labute approximate surface area is 204 Å². The Morgan fingerprint density at radius 1 is 1.06 bits per heavy atom. The highest BCUT2D eigenvalue weighted by atomic mass is 35.5. The Morgan fingerprint density at radius 3 is 2.29 bits per heavy atom. The van der Waals surface area contributed by atoms with Gasteiger partial charge in [-0.3, -0.25) is 0 Å². The minimum absolute atomic E-state index is 0. The molecule has 2 aromatic carbocycles. The van der Waals surface area contributed by atoms with Crippen LogP contribution in [0.25, 0.3) is 0 Å². The monoisotopic (exact) mass is 506 g/mol. The number of hydrogen-bond donors (Lipinski definition) is 1. The lowest BCUT2D eigenvalue weighted by Gasteiger charge is -2.32. The maximum Gasteiger partial charge on any atom is 0.175 e. The van der Waals surface area contributed by atoms with E-state index >= 15 is 0 Å². The molecule has 1 N–H and O–H groups in total. The predicted molar refractivity (Wildman–Crippen MR) is 136 cm³/mol. The van der Waals surface area contributed by atoms with Crippen molar-refractivity contribution < 1.29 is 8.42 Å². The summed E-state index contributed by atoms with van der Waals surface area (Å²) in [5, 5.41) is 4.26. The first kappa shape index (κ1) is 28.1. The molecule has 1 saturated heterocycles. The standard InChI is InChI=1S/C23H31ClN2O2S.2ClH/c1-18-4-7-21(17-23(18)24)25-12-3-13-26-14-10-20(11-15-26)16-19-5-8-22(9-6-19)29(2,27)28;;/h4-9,17,20,25H,3,10-16H2,1-2H3;2*1H. The normalized spacial score (nSPS) is 15.1. The van der Waals surface area contributed by atoms with E-state index in [0.29, 0.717) is 10.8 Å². The molecule has 8 heteroatoms. The minimum atomic E-state index is -3.11. The van der Waals surface area contributed by atoms with Crippen molar-refractivity contribution in [1.82, 2.24) is 4.90 Å². The second-order valence-corrected chi connectivity index (χ2v) is 10.6. The van der Waals surface area contributed by atoms with Crippen molar-refractivity contribution in [3.8, 4) is 0 Å². The summed E-state index contributed by atoms with van der Waals surface area (Å²) in [6.45, 7) is 6.36. The number of halogens is 3. The van der Waals surface area contributed by atoms with Gasteiger partial charge in [0, 0.05) is 23.5 Å². The summed E-state index contributed by atoms with van der Waals surface area (Å²) in [4.78, 5) is 2.95. The van der Waals surface area contributed by atoms with Crippen LogP contribution in [-0.2, 0) is 16.3 Å². The second kappa shape index (κ2) is 12.9. The largest absolute Gasteiger partial charge is 0.385 e. The molecule has 1 aliphatic rings. The van der Waals surface area contributed by atoms with E-state index in [1.165, 1.54) is 24.7 Å². The van der Waals surface area contributed by atoms with Crippen molar-refractivity contribution in [2.24, 2.45) is 5.92 Å². The first-order valence-corrected chi connectivity index (χ1v) is 12.6. The number of sulfone groups is 1. The fourth-order valence-corrected chi connectivity index (χ4v) is 4.67. The van der Waals surface area contributed by atoms with Gasteiger partial charge in [-0.1, -0.05) is 29.8 Å². The van der Waals surface area contributed by atoms with Crippen molar-refractivity contribution in [3.05, 3.63) is 58.6 Å². The maximum absolute atomic E-state index is 11.6. The highest BCUT2D eigenvalue weighted by molar-refractivity contribution is 7.90. The van der Waals surface area contributed by atoms with Crippen LogP contribution in [-0.4, -0.2) is 45.8 Å². The summed E-state index contributed by atoms with van der Waals surface area (Å²) < 4.78 is 23.1. The number of nitrogens with zero attached hydrogens (tertiary/aromatic N) is 1. The van der Waals surface area contributed by atoms with E-state index in [1.54, 1.807) is 12.1 Å². The molecule has 0 bridgehead atoms. The molecule has 0 aliphatic carbocycles. The summed E-state index contributed by atoms with van der Waals surface area (Å²) >= 11 is 6.17. The van der Waals surface area contributed by atoms with Crippen molar-refractivity contribution >= 4 is 51.9 Å². The SMILES string of the molecule is Cc1ccc(NCCCN2CCC(Cc3ccc(S(C)(=O)=O)cc3)CC2)cc1Cl.Cl.Cl. The number of hydrogen-bond acceptors (Lipinski definition) is 4. The molecule has 0 radical (unpaired) electrons. The number of nitrogens with one attached hydrogen (secondary N) is 1. The van der Waals surface area contributed by atoms with Gasteiger partial charge in [0.05, 0.1) is 4.90 Å². The lowest BCUT2D eigenvalue weighted by molar-refractivity contribution is 0.183. The molecule has 0 unspecified atom stereocenters. The summed E-state index contributed by atoms with van der Waals surface area (Å²) in [5.74, 6) is 0.683. The smallest absolute Gasteiger partial charge is 0.175 e. The molecule has 0 amide bonds. The fourth-order valence-electron chi connectivity index (χ4n) is 3.86. The van der Waals surface area contributed by atoms with Gasteiger partial charge in [0.25, 0.3) is 0 Å². The quantitative estimate of drug-likeness (QED) is 0.469. The molecule has 4 nitrogen and oxygen atoms in total. The topological polar surface area (TPSA) is 49.4 Å².